The van der Waals surface area contributed by atoms with Crippen molar-refractivity contribution in [2.45, 2.75) is 44.2 Å². The van der Waals surface area contributed by atoms with Crippen LogP contribution in [0.5, 0.6) is 0 Å². The van der Waals surface area contributed by atoms with E-state index in [1.165, 1.54) is 19.3 Å². The predicted molar refractivity (Wildman–Crippen MR) is 75.8 cm³/mol. The van der Waals surface area contributed by atoms with E-state index in [2.05, 4.69) is 0 Å². The van der Waals surface area contributed by atoms with Crippen molar-refractivity contribution in [2.75, 3.05) is 14.2 Å². The van der Waals surface area contributed by atoms with Crippen LogP contribution in [0.15, 0.2) is 30.3 Å². The van der Waals surface area contributed by atoms with E-state index in [1.807, 2.05) is 42.3 Å². The van der Waals surface area contributed by atoms with Crippen LogP contribution in [0.2, 0.25) is 0 Å². The lowest BCUT2D eigenvalue weighted by Crippen LogP contribution is -2.41. The van der Waals surface area contributed by atoms with E-state index >= 15 is 0 Å². The van der Waals surface area contributed by atoms with Gasteiger partial charge in [-0.15, -0.1) is 0 Å². The maximum Gasteiger partial charge on any atom is 0.256 e. The minimum Gasteiger partial charge on any atom is -0.367 e. The van der Waals surface area contributed by atoms with Gasteiger partial charge in [-0.3, -0.25) is 4.79 Å². The van der Waals surface area contributed by atoms with Crippen molar-refractivity contribution in [3.8, 4) is 0 Å². The molecule has 0 bridgehead atoms. The summed E-state index contributed by atoms with van der Waals surface area (Å²) in [5.41, 5.74) is 0.928. The zero-order chi connectivity index (χ0) is 13.7. The van der Waals surface area contributed by atoms with Crippen LogP contribution in [-0.4, -0.2) is 31.0 Å². The first-order valence-electron chi connectivity index (χ1n) is 7.08. The summed E-state index contributed by atoms with van der Waals surface area (Å²) in [6.07, 6.45) is 5.51. The highest BCUT2D eigenvalue weighted by Gasteiger charge is 2.28. The van der Waals surface area contributed by atoms with E-state index in [-0.39, 0.29) is 5.91 Å². The molecule has 1 amide bonds. The van der Waals surface area contributed by atoms with Gasteiger partial charge in [0.1, 0.15) is 0 Å². The van der Waals surface area contributed by atoms with E-state index in [0.717, 1.165) is 18.4 Å². The van der Waals surface area contributed by atoms with Crippen LogP contribution in [0.3, 0.4) is 0 Å². The van der Waals surface area contributed by atoms with Crippen molar-refractivity contribution in [1.29, 1.82) is 0 Å². The molecule has 0 spiro atoms. The van der Waals surface area contributed by atoms with Gasteiger partial charge in [-0.2, -0.15) is 0 Å². The Morgan fingerprint density at radius 1 is 1.21 bits per heavy atom. The Bertz CT molecular complexity index is 398. The number of carbonyl (C=O) groups excluding carboxylic acids is 1. The molecule has 0 radical (unpaired) electrons. The Balaban J connectivity index is 2.07. The molecular weight excluding hydrogens is 238 g/mol. The fourth-order valence-electron chi connectivity index (χ4n) is 2.84. The fraction of sp³-hybridized carbons (Fsp3) is 0.562. The van der Waals surface area contributed by atoms with Crippen LogP contribution >= 0.6 is 0 Å². The zero-order valence-corrected chi connectivity index (χ0v) is 11.8. The second kappa shape index (κ2) is 6.71. The third-order valence-corrected chi connectivity index (χ3v) is 4.03. The second-order valence-electron chi connectivity index (χ2n) is 5.27. The highest BCUT2D eigenvalue weighted by molar-refractivity contribution is 5.82. The van der Waals surface area contributed by atoms with Crippen LogP contribution in [0.4, 0.5) is 0 Å². The van der Waals surface area contributed by atoms with E-state index in [1.54, 1.807) is 7.11 Å². The maximum absolute atomic E-state index is 12.6. The van der Waals surface area contributed by atoms with Gasteiger partial charge < -0.3 is 9.64 Å². The molecule has 1 saturated carbocycles. The Hall–Kier alpha value is -1.35. The van der Waals surface area contributed by atoms with Gasteiger partial charge in [-0.05, 0) is 18.4 Å². The van der Waals surface area contributed by atoms with Crippen molar-refractivity contribution >= 4 is 5.91 Å². The molecule has 104 valence electrons. The average molecular weight is 261 g/mol. The summed E-state index contributed by atoms with van der Waals surface area (Å²) < 4.78 is 5.42. The van der Waals surface area contributed by atoms with Crippen molar-refractivity contribution in [3.63, 3.8) is 0 Å². The van der Waals surface area contributed by atoms with Gasteiger partial charge in [0.2, 0.25) is 0 Å². The SMILES string of the molecule is COC(C(=O)N(C)C1CCCCC1)c1ccccc1. The number of hydrogen-bond acceptors (Lipinski definition) is 2. The highest BCUT2D eigenvalue weighted by atomic mass is 16.5. The van der Waals surface area contributed by atoms with Crippen LogP contribution < -0.4 is 0 Å². The Morgan fingerprint density at radius 2 is 1.84 bits per heavy atom. The summed E-state index contributed by atoms with van der Waals surface area (Å²) in [7, 11) is 3.51. The minimum atomic E-state index is -0.479. The molecule has 0 aromatic heterocycles. The molecule has 0 aliphatic heterocycles. The molecule has 1 aliphatic carbocycles. The Labute approximate surface area is 115 Å². The topological polar surface area (TPSA) is 29.5 Å². The summed E-state index contributed by atoms with van der Waals surface area (Å²) in [5.74, 6) is 0.0700. The molecular formula is C16H23NO2. The predicted octanol–water partition coefficient (Wildman–Crippen LogP) is 3.17. The normalized spacial score (nSPS) is 18.0. The lowest BCUT2D eigenvalue weighted by molar-refractivity contribution is -0.143. The van der Waals surface area contributed by atoms with Crippen LogP contribution in [0, 0.1) is 0 Å². The summed E-state index contributed by atoms with van der Waals surface area (Å²) in [6.45, 7) is 0. The van der Waals surface area contributed by atoms with E-state index in [9.17, 15) is 4.79 Å². The van der Waals surface area contributed by atoms with Gasteiger partial charge in [-0.25, -0.2) is 0 Å². The first kappa shape index (κ1) is 14.1. The van der Waals surface area contributed by atoms with Gasteiger partial charge in [0.15, 0.2) is 6.10 Å². The fourth-order valence-corrected chi connectivity index (χ4v) is 2.84. The summed E-state index contributed by atoms with van der Waals surface area (Å²) in [4.78, 5) is 14.5. The van der Waals surface area contributed by atoms with Crippen molar-refractivity contribution in [3.05, 3.63) is 35.9 Å². The quantitative estimate of drug-likeness (QED) is 0.833. The number of hydrogen-bond donors (Lipinski definition) is 0. The van der Waals surface area contributed by atoms with E-state index in [4.69, 9.17) is 4.74 Å². The molecule has 1 aliphatic rings. The molecule has 19 heavy (non-hydrogen) atoms. The summed E-state index contributed by atoms with van der Waals surface area (Å²) >= 11 is 0. The Kier molecular flexibility index (Phi) is 4.97. The smallest absolute Gasteiger partial charge is 0.256 e. The number of amides is 1. The number of nitrogens with zero attached hydrogens (tertiary/aromatic N) is 1. The lowest BCUT2D eigenvalue weighted by atomic mass is 9.94. The average Bonchev–Trinajstić information content (AvgIpc) is 2.49. The molecule has 1 atom stereocenters. The molecule has 3 heteroatoms. The van der Waals surface area contributed by atoms with Gasteiger partial charge in [0, 0.05) is 20.2 Å². The molecule has 2 rings (SSSR count). The molecule has 1 aromatic rings. The van der Waals surface area contributed by atoms with Crippen molar-refractivity contribution < 1.29 is 9.53 Å². The minimum absolute atomic E-state index is 0.0700. The molecule has 0 heterocycles. The van der Waals surface area contributed by atoms with E-state index < -0.39 is 6.10 Å². The second-order valence-corrected chi connectivity index (χ2v) is 5.27. The number of likely N-dealkylation sites (N-methyl/N-ethyl adjacent to an activating group) is 1. The number of rotatable bonds is 4. The van der Waals surface area contributed by atoms with E-state index in [0.29, 0.717) is 6.04 Å². The molecule has 1 fully saturated rings. The summed E-state index contributed by atoms with van der Waals surface area (Å²) in [5, 5.41) is 0. The highest BCUT2D eigenvalue weighted by Crippen LogP contribution is 2.25. The van der Waals surface area contributed by atoms with Crippen molar-refractivity contribution in [1.82, 2.24) is 4.90 Å². The Morgan fingerprint density at radius 3 is 2.42 bits per heavy atom. The van der Waals surface area contributed by atoms with Gasteiger partial charge in [0.05, 0.1) is 0 Å². The van der Waals surface area contributed by atoms with Gasteiger partial charge >= 0.3 is 0 Å². The van der Waals surface area contributed by atoms with Crippen LogP contribution in [0.1, 0.15) is 43.8 Å². The molecule has 1 aromatic carbocycles. The number of ether oxygens (including phenoxy) is 1. The summed E-state index contributed by atoms with van der Waals surface area (Å²) in [6, 6.07) is 10.1. The first-order valence-corrected chi connectivity index (χ1v) is 7.08. The number of methoxy groups -OCH3 is 1. The van der Waals surface area contributed by atoms with Crippen LogP contribution in [0.25, 0.3) is 0 Å². The van der Waals surface area contributed by atoms with Gasteiger partial charge in [0.25, 0.3) is 5.91 Å². The monoisotopic (exact) mass is 261 g/mol. The number of carbonyl (C=O) groups is 1. The zero-order valence-electron chi connectivity index (χ0n) is 11.8. The lowest BCUT2D eigenvalue weighted by Gasteiger charge is -2.33. The molecule has 1 unspecified atom stereocenters. The maximum atomic E-state index is 12.6. The van der Waals surface area contributed by atoms with Crippen LogP contribution in [-0.2, 0) is 9.53 Å². The number of benzene rings is 1. The standard InChI is InChI=1S/C16H23NO2/c1-17(14-11-7-4-8-12-14)16(18)15(19-2)13-9-5-3-6-10-13/h3,5-6,9-10,14-15H,4,7-8,11-12H2,1-2H3. The third-order valence-electron chi connectivity index (χ3n) is 4.03. The largest absolute Gasteiger partial charge is 0.367 e. The van der Waals surface area contributed by atoms with Gasteiger partial charge in [-0.1, -0.05) is 49.6 Å². The molecule has 0 saturated heterocycles. The third kappa shape index (κ3) is 3.35. The van der Waals surface area contributed by atoms with Crippen molar-refractivity contribution in [2.24, 2.45) is 0 Å². The molecule has 3 nitrogen and oxygen atoms in total. The first-order chi connectivity index (χ1) is 9.24. The molecule has 0 N–H and O–H groups in total.